The third-order valence-electron chi connectivity index (χ3n) is 1.43. The molecule has 0 aromatic heterocycles. The maximum absolute atomic E-state index is 12.7. The highest BCUT2D eigenvalue weighted by Crippen LogP contribution is 2.32. The zero-order chi connectivity index (χ0) is 9.14. The van der Waals surface area contributed by atoms with Crippen LogP contribution < -0.4 is 4.74 Å². The summed E-state index contributed by atoms with van der Waals surface area (Å²) in [6, 6.07) is 4.03. The fraction of sp³-hybridized carbons (Fsp3) is 0.250. The van der Waals surface area contributed by atoms with E-state index in [-0.39, 0.29) is 5.82 Å². The summed E-state index contributed by atoms with van der Waals surface area (Å²) >= 11 is 11.2. The molecule has 0 aliphatic carbocycles. The SMILES string of the molecule is COc1ccc(F)cc1C(Cl)Cl. The van der Waals surface area contributed by atoms with Crippen molar-refractivity contribution in [2.24, 2.45) is 0 Å². The molecule has 0 aliphatic rings. The van der Waals surface area contributed by atoms with Crippen molar-refractivity contribution in [1.82, 2.24) is 0 Å². The first kappa shape index (κ1) is 9.62. The van der Waals surface area contributed by atoms with Crippen molar-refractivity contribution < 1.29 is 9.13 Å². The van der Waals surface area contributed by atoms with Crippen molar-refractivity contribution in [3.05, 3.63) is 29.6 Å². The molecular formula is C8H7Cl2FO. The molecule has 0 aliphatic heterocycles. The van der Waals surface area contributed by atoms with Crippen LogP contribution in [0.2, 0.25) is 0 Å². The van der Waals surface area contributed by atoms with Crippen LogP contribution in [0, 0.1) is 5.82 Å². The summed E-state index contributed by atoms with van der Waals surface area (Å²) in [6.07, 6.45) is 0. The number of hydrogen-bond acceptors (Lipinski definition) is 1. The summed E-state index contributed by atoms with van der Waals surface area (Å²) in [7, 11) is 1.48. The van der Waals surface area contributed by atoms with E-state index in [9.17, 15) is 4.39 Å². The third-order valence-corrected chi connectivity index (χ3v) is 1.90. The predicted molar refractivity (Wildman–Crippen MR) is 47.4 cm³/mol. The summed E-state index contributed by atoms with van der Waals surface area (Å²) in [5, 5.41) is 0. The van der Waals surface area contributed by atoms with Crippen molar-refractivity contribution in [3.8, 4) is 5.75 Å². The Hall–Kier alpha value is -0.470. The largest absolute Gasteiger partial charge is 0.496 e. The molecule has 1 aromatic carbocycles. The van der Waals surface area contributed by atoms with Crippen molar-refractivity contribution in [1.29, 1.82) is 0 Å². The van der Waals surface area contributed by atoms with Gasteiger partial charge in [-0.1, -0.05) is 23.2 Å². The van der Waals surface area contributed by atoms with Gasteiger partial charge in [-0.05, 0) is 18.2 Å². The molecule has 66 valence electrons. The van der Waals surface area contributed by atoms with Crippen LogP contribution in [0.4, 0.5) is 4.39 Å². The molecule has 0 N–H and O–H groups in total. The summed E-state index contributed by atoms with van der Waals surface area (Å²) in [4.78, 5) is -0.768. The highest BCUT2D eigenvalue weighted by molar-refractivity contribution is 6.44. The Morgan fingerprint density at radius 3 is 2.58 bits per heavy atom. The van der Waals surface area contributed by atoms with Crippen LogP contribution in [-0.2, 0) is 0 Å². The maximum atomic E-state index is 12.7. The molecule has 0 bridgehead atoms. The molecule has 0 spiro atoms. The summed E-state index contributed by atoms with van der Waals surface area (Å²) < 4.78 is 17.6. The van der Waals surface area contributed by atoms with Crippen LogP contribution in [-0.4, -0.2) is 7.11 Å². The van der Waals surface area contributed by atoms with Gasteiger partial charge in [0.2, 0.25) is 0 Å². The van der Waals surface area contributed by atoms with Crippen molar-refractivity contribution in [3.63, 3.8) is 0 Å². The minimum atomic E-state index is -0.768. The van der Waals surface area contributed by atoms with Gasteiger partial charge in [-0.3, -0.25) is 0 Å². The van der Waals surface area contributed by atoms with Gasteiger partial charge in [-0.25, -0.2) is 4.39 Å². The van der Waals surface area contributed by atoms with E-state index < -0.39 is 4.84 Å². The number of ether oxygens (including phenoxy) is 1. The van der Waals surface area contributed by atoms with Gasteiger partial charge in [-0.15, -0.1) is 0 Å². The second kappa shape index (κ2) is 3.97. The molecule has 1 aromatic rings. The summed E-state index contributed by atoms with van der Waals surface area (Å²) in [5.41, 5.74) is 0.445. The first-order valence-corrected chi connectivity index (χ1v) is 4.14. The Morgan fingerprint density at radius 1 is 1.42 bits per heavy atom. The van der Waals surface area contributed by atoms with E-state index in [1.807, 2.05) is 0 Å². The Kier molecular flexibility index (Phi) is 3.18. The number of benzene rings is 1. The van der Waals surface area contributed by atoms with E-state index in [0.717, 1.165) is 0 Å². The smallest absolute Gasteiger partial charge is 0.136 e. The van der Waals surface area contributed by atoms with Crippen LogP contribution in [0.25, 0.3) is 0 Å². The number of halogens is 3. The quantitative estimate of drug-likeness (QED) is 0.679. The van der Waals surface area contributed by atoms with E-state index in [2.05, 4.69) is 0 Å². The molecule has 0 fully saturated rings. The second-order valence-electron chi connectivity index (χ2n) is 2.19. The number of hydrogen-bond donors (Lipinski definition) is 0. The van der Waals surface area contributed by atoms with Gasteiger partial charge in [0, 0.05) is 5.56 Å². The molecule has 1 nitrogen and oxygen atoms in total. The van der Waals surface area contributed by atoms with E-state index in [1.165, 1.54) is 25.3 Å². The maximum Gasteiger partial charge on any atom is 0.136 e. The van der Waals surface area contributed by atoms with Gasteiger partial charge in [-0.2, -0.15) is 0 Å². The normalized spacial score (nSPS) is 10.4. The Morgan fingerprint density at radius 2 is 2.08 bits per heavy atom. The molecule has 0 atom stereocenters. The zero-order valence-corrected chi connectivity index (χ0v) is 7.86. The summed E-state index contributed by atoms with van der Waals surface area (Å²) in [5.74, 6) is 0.114. The molecule has 0 unspecified atom stereocenters. The van der Waals surface area contributed by atoms with E-state index in [1.54, 1.807) is 0 Å². The molecule has 0 radical (unpaired) electrons. The van der Waals surface area contributed by atoms with Crippen LogP contribution in [0.1, 0.15) is 10.4 Å². The molecule has 0 amide bonds. The highest BCUT2D eigenvalue weighted by atomic mass is 35.5. The van der Waals surface area contributed by atoms with Gasteiger partial charge < -0.3 is 4.74 Å². The standard InChI is InChI=1S/C8H7Cl2FO/c1-12-7-3-2-5(11)4-6(7)8(9)10/h2-4,8H,1H3. The lowest BCUT2D eigenvalue weighted by Gasteiger charge is -2.08. The van der Waals surface area contributed by atoms with Gasteiger partial charge in [0.05, 0.1) is 7.11 Å². The Balaban J connectivity index is 3.12. The third kappa shape index (κ3) is 2.02. The minimum Gasteiger partial charge on any atom is -0.496 e. The van der Waals surface area contributed by atoms with Crippen molar-refractivity contribution in [2.75, 3.05) is 7.11 Å². The molecule has 0 heterocycles. The van der Waals surface area contributed by atoms with Crippen LogP contribution >= 0.6 is 23.2 Å². The lowest BCUT2D eigenvalue weighted by atomic mass is 10.2. The average molecular weight is 209 g/mol. The molecule has 0 saturated heterocycles. The average Bonchev–Trinajstić information content (AvgIpc) is 2.04. The first-order valence-electron chi connectivity index (χ1n) is 3.26. The lowest BCUT2D eigenvalue weighted by Crippen LogP contribution is -1.91. The topological polar surface area (TPSA) is 9.23 Å². The summed E-state index contributed by atoms with van der Waals surface area (Å²) in [6.45, 7) is 0. The van der Waals surface area contributed by atoms with Gasteiger partial charge in [0.1, 0.15) is 16.4 Å². The van der Waals surface area contributed by atoms with E-state index in [4.69, 9.17) is 27.9 Å². The Bertz CT molecular complexity index is 276. The van der Waals surface area contributed by atoms with E-state index >= 15 is 0 Å². The zero-order valence-electron chi connectivity index (χ0n) is 6.35. The molecule has 4 heteroatoms. The van der Waals surface area contributed by atoms with E-state index in [0.29, 0.717) is 11.3 Å². The Labute approximate surface area is 80.0 Å². The monoisotopic (exact) mass is 208 g/mol. The fourth-order valence-electron chi connectivity index (χ4n) is 0.876. The van der Waals surface area contributed by atoms with Crippen molar-refractivity contribution >= 4 is 23.2 Å². The molecule has 12 heavy (non-hydrogen) atoms. The molecule has 0 saturated carbocycles. The van der Waals surface area contributed by atoms with Crippen molar-refractivity contribution in [2.45, 2.75) is 4.84 Å². The number of rotatable bonds is 2. The first-order chi connectivity index (χ1) is 5.65. The van der Waals surface area contributed by atoms with Gasteiger partial charge in [0.15, 0.2) is 0 Å². The van der Waals surface area contributed by atoms with Crippen LogP contribution in [0.15, 0.2) is 18.2 Å². The van der Waals surface area contributed by atoms with Gasteiger partial charge >= 0.3 is 0 Å². The number of alkyl halides is 2. The molecule has 1 rings (SSSR count). The number of methoxy groups -OCH3 is 1. The van der Waals surface area contributed by atoms with Crippen LogP contribution in [0.3, 0.4) is 0 Å². The van der Waals surface area contributed by atoms with Gasteiger partial charge in [0.25, 0.3) is 0 Å². The second-order valence-corrected chi connectivity index (χ2v) is 3.28. The van der Waals surface area contributed by atoms with Crippen LogP contribution in [0.5, 0.6) is 5.75 Å². The predicted octanol–water partition coefficient (Wildman–Crippen LogP) is 3.31. The highest BCUT2D eigenvalue weighted by Gasteiger charge is 2.10. The minimum absolute atomic E-state index is 0.378. The molecular weight excluding hydrogens is 202 g/mol. The lowest BCUT2D eigenvalue weighted by molar-refractivity contribution is 0.409. The fourth-order valence-corrected chi connectivity index (χ4v) is 1.22.